The molecule has 1 aliphatic carbocycles. The summed E-state index contributed by atoms with van der Waals surface area (Å²) in [5.74, 6) is 0.405. The van der Waals surface area contributed by atoms with E-state index in [0.29, 0.717) is 13.0 Å². The molecule has 2 rings (SSSR count). The van der Waals surface area contributed by atoms with Crippen molar-refractivity contribution >= 4 is 11.8 Å². The predicted octanol–water partition coefficient (Wildman–Crippen LogP) is 1.80. The van der Waals surface area contributed by atoms with Crippen LogP contribution in [0.4, 0.5) is 0 Å². The molecule has 2 N–H and O–H groups in total. The fourth-order valence-corrected chi connectivity index (χ4v) is 2.80. The van der Waals surface area contributed by atoms with Crippen LogP contribution in [-0.4, -0.2) is 31.5 Å². The van der Waals surface area contributed by atoms with Crippen LogP contribution in [0.3, 0.4) is 0 Å². The minimum atomic E-state index is -0.231. The van der Waals surface area contributed by atoms with Crippen molar-refractivity contribution < 1.29 is 14.3 Å². The molecule has 0 radical (unpaired) electrons. The van der Waals surface area contributed by atoms with Gasteiger partial charge in [-0.2, -0.15) is 0 Å². The van der Waals surface area contributed by atoms with E-state index in [4.69, 9.17) is 4.74 Å². The van der Waals surface area contributed by atoms with Crippen LogP contribution in [0, 0.1) is 0 Å². The van der Waals surface area contributed by atoms with Gasteiger partial charge in [-0.3, -0.25) is 9.59 Å². The van der Waals surface area contributed by atoms with Crippen molar-refractivity contribution in [2.24, 2.45) is 0 Å². The number of hydrogen-bond acceptors (Lipinski definition) is 3. The predicted molar refractivity (Wildman–Crippen MR) is 84.7 cm³/mol. The fraction of sp³-hybridized carbons (Fsp3) is 0.529. The van der Waals surface area contributed by atoms with Crippen LogP contribution >= 0.6 is 0 Å². The van der Waals surface area contributed by atoms with Crippen LogP contribution in [-0.2, 0) is 16.0 Å². The standard InChI is InChI=1S/C17H24N2O3/c1-22-15-9-5-2-6-13(15)10-11-18-16(20)12-17(21)19-14-7-3-4-8-14/h2,5-6,9,14H,3-4,7-8,10-12H2,1H3,(H,18,20)(H,19,21). The van der Waals surface area contributed by atoms with Gasteiger partial charge in [-0.1, -0.05) is 31.0 Å². The number of amides is 2. The lowest BCUT2D eigenvalue weighted by Gasteiger charge is -2.12. The molecule has 0 atom stereocenters. The maximum Gasteiger partial charge on any atom is 0.229 e. The van der Waals surface area contributed by atoms with E-state index in [-0.39, 0.29) is 24.3 Å². The van der Waals surface area contributed by atoms with Gasteiger partial charge in [0.25, 0.3) is 0 Å². The number of carbonyl (C=O) groups excluding carboxylic acids is 2. The quantitative estimate of drug-likeness (QED) is 0.755. The average molecular weight is 304 g/mol. The molecule has 22 heavy (non-hydrogen) atoms. The number of methoxy groups -OCH3 is 1. The summed E-state index contributed by atoms with van der Waals surface area (Å²) < 4.78 is 5.26. The first-order valence-electron chi connectivity index (χ1n) is 7.87. The number of benzene rings is 1. The molecule has 1 aromatic rings. The van der Waals surface area contributed by atoms with Gasteiger partial charge in [-0.15, -0.1) is 0 Å². The maximum atomic E-state index is 11.8. The highest BCUT2D eigenvalue weighted by molar-refractivity contribution is 5.96. The first-order chi connectivity index (χ1) is 10.7. The molecule has 1 saturated carbocycles. The van der Waals surface area contributed by atoms with Crippen molar-refractivity contribution in [3.05, 3.63) is 29.8 Å². The molecule has 0 aromatic heterocycles. The van der Waals surface area contributed by atoms with Crippen molar-refractivity contribution in [2.75, 3.05) is 13.7 Å². The van der Waals surface area contributed by atoms with E-state index in [2.05, 4.69) is 10.6 Å². The molecule has 0 saturated heterocycles. The molecule has 1 aromatic carbocycles. The Bertz CT molecular complexity index is 510. The maximum absolute atomic E-state index is 11.8. The van der Waals surface area contributed by atoms with Gasteiger partial charge < -0.3 is 15.4 Å². The van der Waals surface area contributed by atoms with Crippen LogP contribution in [0.1, 0.15) is 37.7 Å². The molecular formula is C17H24N2O3. The Morgan fingerprint density at radius 2 is 1.91 bits per heavy atom. The zero-order valence-corrected chi connectivity index (χ0v) is 13.1. The lowest BCUT2D eigenvalue weighted by atomic mass is 10.1. The Kier molecular flexibility index (Phi) is 6.25. The van der Waals surface area contributed by atoms with E-state index >= 15 is 0 Å². The van der Waals surface area contributed by atoms with E-state index in [0.717, 1.165) is 37.0 Å². The normalized spacial score (nSPS) is 14.6. The lowest BCUT2D eigenvalue weighted by molar-refractivity contribution is -0.129. The fourth-order valence-electron chi connectivity index (χ4n) is 2.80. The van der Waals surface area contributed by atoms with Crippen molar-refractivity contribution in [2.45, 2.75) is 44.6 Å². The smallest absolute Gasteiger partial charge is 0.229 e. The number of ether oxygens (including phenoxy) is 1. The molecule has 5 nitrogen and oxygen atoms in total. The van der Waals surface area contributed by atoms with Crippen LogP contribution in [0.2, 0.25) is 0 Å². The van der Waals surface area contributed by atoms with E-state index < -0.39 is 0 Å². The molecule has 2 amide bonds. The molecule has 0 spiro atoms. The Morgan fingerprint density at radius 1 is 1.18 bits per heavy atom. The zero-order valence-electron chi connectivity index (χ0n) is 13.1. The third kappa shape index (κ3) is 5.06. The Morgan fingerprint density at radius 3 is 2.64 bits per heavy atom. The second kappa shape index (κ2) is 8.41. The second-order valence-electron chi connectivity index (χ2n) is 5.64. The molecule has 0 heterocycles. The average Bonchev–Trinajstić information content (AvgIpc) is 3.00. The molecule has 0 aliphatic heterocycles. The summed E-state index contributed by atoms with van der Waals surface area (Å²) in [6.07, 6.45) is 4.97. The first kappa shape index (κ1) is 16.3. The molecule has 120 valence electrons. The highest BCUT2D eigenvalue weighted by Gasteiger charge is 2.18. The van der Waals surface area contributed by atoms with Crippen LogP contribution in [0.25, 0.3) is 0 Å². The van der Waals surface area contributed by atoms with E-state index in [1.54, 1.807) is 7.11 Å². The summed E-state index contributed by atoms with van der Waals surface area (Å²) in [7, 11) is 1.63. The number of hydrogen-bond donors (Lipinski definition) is 2. The zero-order chi connectivity index (χ0) is 15.8. The minimum Gasteiger partial charge on any atom is -0.496 e. The largest absolute Gasteiger partial charge is 0.496 e. The van der Waals surface area contributed by atoms with Crippen LogP contribution in [0.15, 0.2) is 24.3 Å². The summed E-state index contributed by atoms with van der Waals surface area (Å²) in [5.41, 5.74) is 1.04. The second-order valence-corrected chi connectivity index (χ2v) is 5.64. The van der Waals surface area contributed by atoms with E-state index in [1.165, 1.54) is 0 Å². The monoisotopic (exact) mass is 304 g/mol. The van der Waals surface area contributed by atoms with Crippen LogP contribution in [0.5, 0.6) is 5.75 Å². The third-order valence-corrected chi connectivity index (χ3v) is 3.95. The van der Waals surface area contributed by atoms with Gasteiger partial charge in [0.1, 0.15) is 12.2 Å². The minimum absolute atomic E-state index is 0.0948. The van der Waals surface area contributed by atoms with Gasteiger partial charge in [-0.05, 0) is 30.9 Å². The molecule has 0 unspecified atom stereocenters. The molecule has 1 aliphatic rings. The van der Waals surface area contributed by atoms with Crippen molar-refractivity contribution in [1.29, 1.82) is 0 Å². The molecular weight excluding hydrogens is 280 g/mol. The van der Waals surface area contributed by atoms with Gasteiger partial charge in [0.2, 0.25) is 11.8 Å². The molecule has 0 bridgehead atoms. The summed E-state index contributed by atoms with van der Waals surface area (Å²) >= 11 is 0. The Labute approximate surface area is 131 Å². The first-order valence-corrected chi connectivity index (χ1v) is 7.87. The van der Waals surface area contributed by atoms with E-state index in [9.17, 15) is 9.59 Å². The SMILES string of the molecule is COc1ccccc1CCNC(=O)CC(=O)NC1CCCC1. The summed E-state index contributed by atoms with van der Waals surface area (Å²) in [4.78, 5) is 23.5. The summed E-state index contributed by atoms with van der Waals surface area (Å²) in [5, 5.41) is 5.70. The summed E-state index contributed by atoms with van der Waals surface area (Å²) in [6, 6.07) is 7.97. The number of rotatable bonds is 7. The lowest BCUT2D eigenvalue weighted by Crippen LogP contribution is -2.37. The van der Waals surface area contributed by atoms with Crippen molar-refractivity contribution in [1.82, 2.24) is 10.6 Å². The third-order valence-electron chi connectivity index (χ3n) is 3.95. The number of para-hydroxylation sites is 1. The number of carbonyl (C=O) groups is 2. The van der Waals surface area contributed by atoms with Gasteiger partial charge in [-0.25, -0.2) is 0 Å². The van der Waals surface area contributed by atoms with Gasteiger partial charge in [0.15, 0.2) is 0 Å². The Hall–Kier alpha value is -2.04. The highest BCUT2D eigenvalue weighted by Crippen LogP contribution is 2.18. The van der Waals surface area contributed by atoms with Gasteiger partial charge in [0, 0.05) is 12.6 Å². The number of nitrogens with one attached hydrogen (secondary N) is 2. The topological polar surface area (TPSA) is 67.4 Å². The van der Waals surface area contributed by atoms with Gasteiger partial charge in [0.05, 0.1) is 7.11 Å². The van der Waals surface area contributed by atoms with Crippen molar-refractivity contribution in [3.63, 3.8) is 0 Å². The van der Waals surface area contributed by atoms with Gasteiger partial charge >= 0.3 is 0 Å². The van der Waals surface area contributed by atoms with Crippen LogP contribution < -0.4 is 15.4 Å². The summed E-state index contributed by atoms with van der Waals surface area (Å²) in [6.45, 7) is 0.496. The van der Waals surface area contributed by atoms with Crippen molar-refractivity contribution in [3.8, 4) is 5.75 Å². The highest BCUT2D eigenvalue weighted by atomic mass is 16.5. The Balaban J connectivity index is 1.67. The molecule has 5 heteroatoms. The molecule has 1 fully saturated rings. The van der Waals surface area contributed by atoms with E-state index in [1.807, 2.05) is 24.3 Å².